The van der Waals surface area contributed by atoms with Gasteiger partial charge >= 0.3 is 0 Å². The fourth-order valence-electron chi connectivity index (χ4n) is 6.90. The third-order valence-corrected chi connectivity index (χ3v) is 9.45. The predicted octanol–water partition coefficient (Wildman–Crippen LogP) is 6.64. The van der Waals surface area contributed by atoms with Gasteiger partial charge in [0.2, 0.25) is 0 Å². The predicted molar refractivity (Wildman–Crippen MR) is 172 cm³/mol. The summed E-state index contributed by atoms with van der Waals surface area (Å²) in [6.45, 7) is 2.80. The summed E-state index contributed by atoms with van der Waals surface area (Å²) >= 11 is 0. The summed E-state index contributed by atoms with van der Waals surface area (Å²) in [4.78, 5) is 29.7. The molecule has 0 amide bonds. The van der Waals surface area contributed by atoms with Crippen molar-refractivity contribution in [1.29, 1.82) is 5.26 Å². The Balaban J connectivity index is 1.27. The summed E-state index contributed by atoms with van der Waals surface area (Å²) < 4.78 is 27.1. The average Bonchev–Trinajstić information content (AvgIpc) is 3.98. The average molecular weight is 587 g/mol. The highest BCUT2D eigenvalue weighted by Crippen LogP contribution is 2.44. The number of hydrogen-bond acceptors (Lipinski definition) is 5. The molecule has 3 fully saturated rings. The summed E-state index contributed by atoms with van der Waals surface area (Å²) in [5, 5.41) is 10.7. The molecule has 222 valence electrons. The van der Waals surface area contributed by atoms with Gasteiger partial charge < -0.3 is 9.55 Å². The van der Waals surface area contributed by atoms with Gasteiger partial charge in [0, 0.05) is 71.0 Å². The number of imidazole rings is 1. The SMILES string of the molecule is [2H]C([2H])([2H])n1ccnc1-c1cc(C#N)ccc1-c1cc(C2CC2)nc(-n2cc(C3CC3)c3cc(CN4CCC[C@H](C)C4)[nH]c3c2=O)c1. The van der Waals surface area contributed by atoms with E-state index in [0.717, 1.165) is 77.8 Å². The third-order valence-electron chi connectivity index (χ3n) is 9.45. The molecule has 1 aliphatic heterocycles. The maximum absolute atomic E-state index is 14.3. The minimum absolute atomic E-state index is 0.132. The first-order chi connectivity index (χ1) is 22.7. The van der Waals surface area contributed by atoms with E-state index in [1.807, 2.05) is 24.4 Å². The topological polar surface area (TPSA) is 95.5 Å². The lowest BCUT2D eigenvalue weighted by molar-refractivity contribution is 0.175. The van der Waals surface area contributed by atoms with Gasteiger partial charge in [-0.2, -0.15) is 5.26 Å². The molecule has 0 unspecified atom stereocenters. The molecular weight excluding hydrogens is 546 g/mol. The van der Waals surface area contributed by atoms with E-state index in [1.165, 1.54) is 30.8 Å². The van der Waals surface area contributed by atoms with Crippen molar-refractivity contribution >= 4 is 10.9 Å². The molecule has 5 aromatic rings. The minimum Gasteiger partial charge on any atom is -0.353 e. The number of fused-ring (bicyclic) bond motifs is 1. The Hall–Kier alpha value is -4.48. The highest BCUT2D eigenvalue weighted by atomic mass is 16.1. The number of likely N-dealkylation sites (tertiary alicyclic amines) is 1. The first-order valence-corrected chi connectivity index (χ1v) is 15.8. The largest absolute Gasteiger partial charge is 0.353 e. The van der Waals surface area contributed by atoms with Crippen molar-refractivity contribution in [3.63, 3.8) is 0 Å². The lowest BCUT2D eigenvalue weighted by Crippen LogP contribution is -2.33. The Bertz CT molecular complexity index is 2110. The lowest BCUT2D eigenvalue weighted by Gasteiger charge is -2.30. The first-order valence-electron chi connectivity index (χ1n) is 17.3. The van der Waals surface area contributed by atoms with E-state index in [9.17, 15) is 10.1 Å². The number of H-pyrrole nitrogens is 1. The zero-order chi connectivity index (χ0) is 32.4. The van der Waals surface area contributed by atoms with Gasteiger partial charge in [0.25, 0.3) is 5.56 Å². The Labute approximate surface area is 261 Å². The summed E-state index contributed by atoms with van der Waals surface area (Å²) in [7, 11) is 0. The van der Waals surface area contributed by atoms with Crippen LogP contribution in [0.1, 0.15) is 83.9 Å². The van der Waals surface area contributed by atoms with Crippen molar-refractivity contribution in [2.75, 3.05) is 13.1 Å². The third kappa shape index (κ3) is 4.95. The highest BCUT2D eigenvalue weighted by Gasteiger charge is 2.30. The van der Waals surface area contributed by atoms with Crippen molar-refractivity contribution in [1.82, 2.24) is 29.0 Å². The van der Waals surface area contributed by atoms with Gasteiger partial charge in [-0.25, -0.2) is 9.97 Å². The van der Waals surface area contributed by atoms with Crippen LogP contribution in [0.25, 0.3) is 39.2 Å². The van der Waals surface area contributed by atoms with E-state index >= 15 is 0 Å². The zero-order valence-electron chi connectivity index (χ0n) is 27.9. The molecule has 2 aliphatic carbocycles. The summed E-state index contributed by atoms with van der Waals surface area (Å²) in [5.74, 6) is 2.18. The van der Waals surface area contributed by atoms with Crippen LogP contribution in [0.5, 0.6) is 0 Å². The zero-order valence-corrected chi connectivity index (χ0v) is 24.9. The van der Waals surface area contributed by atoms with Gasteiger partial charge in [0.15, 0.2) is 0 Å². The van der Waals surface area contributed by atoms with E-state index in [-0.39, 0.29) is 11.4 Å². The molecule has 44 heavy (non-hydrogen) atoms. The smallest absolute Gasteiger partial charge is 0.280 e. The number of hydrogen-bond donors (Lipinski definition) is 1. The second kappa shape index (κ2) is 10.6. The molecule has 0 radical (unpaired) electrons. The highest BCUT2D eigenvalue weighted by molar-refractivity contribution is 5.85. The fourth-order valence-corrected chi connectivity index (χ4v) is 6.90. The Morgan fingerprint density at radius 2 is 1.95 bits per heavy atom. The quantitative estimate of drug-likeness (QED) is 0.231. The molecule has 8 nitrogen and oxygen atoms in total. The molecule has 4 aromatic heterocycles. The van der Waals surface area contributed by atoms with Crippen LogP contribution in [0.2, 0.25) is 0 Å². The van der Waals surface area contributed by atoms with Gasteiger partial charge in [-0.15, -0.1) is 0 Å². The number of aromatic amines is 1. The Kier molecular flexibility index (Phi) is 5.76. The van der Waals surface area contributed by atoms with Crippen molar-refractivity contribution in [3.05, 3.63) is 87.9 Å². The number of nitrogens with zero attached hydrogens (tertiary/aromatic N) is 6. The van der Waals surface area contributed by atoms with E-state index in [4.69, 9.17) is 9.10 Å². The molecule has 3 aliphatic rings. The molecule has 8 heteroatoms. The van der Waals surface area contributed by atoms with Crippen LogP contribution in [0.15, 0.2) is 59.8 Å². The van der Waals surface area contributed by atoms with E-state index in [1.54, 1.807) is 16.7 Å². The molecule has 1 N–H and O–H groups in total. The number of nitrogens with one attached hydrogen (secondary N) is 1. The maximum Gasteiger partial charge on any atom is 0.280 e. The van der Waals surface area contributed by atoms with Crippen LogP contribution in [-0.2, 0) is 13.5 Å². The number of pyridine rings is 2. The molecule has 5 heterocycles. The summed E-state index contributed by atoms with van der Waals surface area (Å²) in [5.41, 5.74) is 6.08. The van der Waals surface area contributed by atoms with Crippen LogP contribution >= 0.6 is 0 Å². The second-order valence-corrected chi connectivity index (χ2v) is 13.0. The molecular formula is C36H37N7O. The number of piperidine rings is 1. The minimum atomic E-state index is -2.45. The standard InChI is InChI=1S/C36H37N7O/c1-22-4-3-12-42(19-22)20-27-17-29-31(24-6-7-24)21-43(36(44)34(29)39-27)33-16-26(15-32(40-33)25-8-9-25)28-10-5-23(18-37)14-30(28)35-38-11-13-41(35)2/h5,10-11,13-17,21-22,24-25,39H,3-4,6-9,12,19-20H2,1-2H3/t22-/m0/s1/i2D3. The molecule has 1 aromatic carbocycles. The fraction of sp³-hybridized carbons (Fsp3) is 0.389. The Morgan fingerprint density at radius 3 is 2.73 bits per heavy atom. The number of aryl methyl sites for hydroxylation is 1. The summed E-state index contributed by atoms with van der Waals surface area (Å²) in [6, 6.07) is 13.5. The first kappa shape index (κ1) is 23.9. The van der Waals surface area contributed by atoms with Gasteiger partial charge in [-0.05, 0) is 104 Å². The Morgan fingerprint density at radius 1 is 1.09 bits per heavy atom. The van der Waals surface area contributed by atoms with Crippen LogP contribution in [0.3, 0.4) is 0 Å². The lowest BCUT2D eigenvalue weighted by atomic mass is 9.96. The van der Waals surface area contributed by atoms with E-state index in [0.29, 0.717) is 40.2 Å². The summed E-state index contributed by atoms with van der Waals surface area (Å²) in [6.07, 6.45) is 11.6. The number of rotatable bonds is 7. The van der Waals surface area contributed by atoms with Crippen molar-refractivity contribution < 1.29 is 4.11 Å². The van der Waals surface area contributed by atoms with Gasteiger partial charge in [0.1, 0.15) is 17.2 Å². The van der Waals surface area contributed by atoms with Gasteiger partial charge in [-0.3, -0.25) is 14.3 Å². The van der Waals surface area contributed by atoms with Crippen molar-refractivity contribution in [3.8, 4) is 34.4 Å². The maximum atomic E-state index is 14.3. The van der Waals surface area contributed by atoms with Gasteiger partial charge in [0.05, 0.1) is 11.6 Å². The van der Waals surface area contributed by atoms with E-state index < -0.39 is 6.98 Å². The molecule has 2 saturated carbocycles. The number of benzene rings is 1. The molecule has 1 atom stereocenters. The normalized spacial score (nSPS) is 20.3. The molecule has 0 spiro atoms. The van der Waals surface area contributed by atoms with E-state index in [2.05, 4.69) is 33.9 Å². The monoisotopic (exact) mass is 586 g/mol. The van der Waals surface area contributed by atoms with Crippen LogP contribution < -0.4 is 5.56 Å². The molecule has 8 rings (SSSR count). The second-order valence-electron chi connectivity index (χ2n) is 13.0. The van der Waals surface area contributed by atoms with Crippen LogP contribution in [0, 0.1) is 17.2 Å². The molecule has 0 bridgehead atoms. The van der Waals surface area contributed by atoms with Crippen molar-refractivity contribution in [2.45, 2.75) is 63.8 Å². The van der Waals surface area contributed by atoms with Crippen molar-refractivity contribution in [2.24, 2.45) is 12.9 Å². The number of nitriles is 1. The molecule has 1 saturated heterocycles. The van der Waals surface area contributed by atoms with Crippen LogP contribution in [-0.4, -0.2) is 42.1 Å². The van der Waals surface area contributed by atoms with Crippen LogP contribution in [0.4, 0.5) is 0 Å². The number of aromatic nitrogens is 5. The van der Waals surface area contributed by atoms with Gasteiger partial charge in [-0.1, -0.05) is 13.0 Å².